The van der Waals surface area contributed by atoms with E-state index in [-0.39, 0.29) is 11.6 Å². The van der Waals surface area contributed by atoms with Crippen LogP contribution in [0.2, 0.25) is 0 Å². The van der Waals surface area contributed by atoms with E-state index in [1.165, 1.54) is 0 Å². The Bertz CT molecular complexity index is 1140. The van der Waals surface area contributed by atoms with Crippen molar-refractivity contribution in [1.29, 1.82) is 0 Å². The van der Waals surface area contributed by atoms with Crippen molar-refractivity contribution >= 4 is 8.19 Å². The Morgan fingerprint density at radius 2 is 0.875 bits per heavy atom. The average Bonchev–Trinajstić information content (AvgIpc) is 2.78. The van der Waals surface area contributed by atoms with Gasteiger partial charge in [-0.1, -0.05) is 68.9 Å². The van der Waals surface area contributed by atoms with Gasteiger partial charge in [0.1, 0.15) is 0 Å². The number of hydrogen-bond donors (Lipinski definition) is 0. The molecule has 0 radical (unpaired) electrons. The molecule has 0 amide bonds. The summed E-state index contributed by atoms with van der Waals surface area (Å²) in [7, 11) is 0.519. The SMILES string of the molecule is FC(F)(F)c1cc(-c2cc(-c3ccccc3)cc(-c3ccccc3)p2)cc(C(F)(F)F)c1. The molecule has 1 aromatic heterocycles. The normalized spacial score (nSPS) is 12.3. The molecule has 0 spiro atoms. The largest absolute Gasteiger partial charge is 0.416 e. The number of alkyl halides is 6. The van der Waals surface area contributed by atoms with E-state index in [0.717, 1.165) is 28.6 Å². The molecule has 0 saturated carbocycles. The smallest absolute Gasteiger partial charge is 0.166 e. The number of hydrogen-bond acceptors (Lipinski definition) is 0. The standard InChI is InChI=1S/C25H15F6P/c26-24(27,28)20-11-19(12-21(15-20)25(29,30)31)23-14-18(16-7-3-1-4-8-16)13-22(32-23)17-9-5-2-6-10-17/h1-15H. The Hall–Kier alpha value is -3.11. The molecule has 0 N–H and O–H groups in total. The summed E-state index contributed by atoms with van der Waals surface area (Å²) >= 11 is 0. The third-order valence-corrected chi connectivity index (χ3v) is 6.14. The maximum absolute atomic E-state index is 13.4. The van der Waals surface area contributed by atoms with E-state index in [0.29, 0.717) is 19.1 Å². The molecule has 4 aromatic rings. The first-order valence-corrected chi connectivity index (χ1v) is 10.4. The first-order valence-electron chi connectivity index (χ1n) is 9.54. The highest BCUT2D eigenvalue weighted by atomic mass is 31.0. The molecule has 4 rings (SSSR count). The lowest BCUT2D eigenvalue weighted by atomic mass is 10.0. The van der Waals surface area contributed by atoms with Crippen molar-refractivity contribution in [2.24, 2.45) is 0 Å². The summed E-state index contributed by atoms with van der Waals surface area (Å²) in [4.78, 5) is 0. The lowest BCUT2D eigenvalue weighted by Gasteiger charge is -2.16. The van der Waals surface area contributed by atoms with Crippen LogP contribution in [0.15, 0.2) is 91.0 Å². The molecule has 0 unspecified atom stereocenters. The van der Waals surface area contributed by atoms with Gasteiger partial charge in [-0.05, 0) is 52.6 Å². The van der Waals surface area contributed by atoms with Crippen LogP contribution in [0.5, 0.6) is 0 Å². The van der Waals surface area contributed by atoms with Gasteiger partial charge in [-0.15, -0.1) is 0 Å². The quantitative estimate of drug-likeness (QED) is 0.267. The minimum Gasteiger partial charge on any atom is -0.166 e. The maximum Gasteiger partial charge on any atom is 0.416 e. The zero-order valence-corrected chi connectivity index (χ0v) is 17.3. The Morgan fingerprint density at radius 3 is 1.34 bits per heavy atom. The summed E-state index contributed by atoms with van der Waals surface area (Å²) in [5.41, 5.74) is -0.383. The van der Waals surface area contributed by atoms with Crippen molar-refractivity contribution in [3.05, 3.63) is 102 Å². The monoisotopic (exact) mass is 460 g/mol. The van der Waals surface area contributed by atoms with Crippen LogP contribution in [-0.2, 0) is 12.4 Å². The lowest BCUT2D eigenvalue weighted by Crippen LogP contribution is -2.11. The van der Waals surface area contributed by atoms with E-state index in [1.807, 2.05) is 66.7 Å². The van der Waals surface area contributed by atoms with Gasteiger partial charge >= 0.3 is 12.4 Å². The molecular formula is C25H15F6P. The fourth-order valence-electron chi connectivity index (χ4n) is 3.34. The van der Waals surface area contributed by atoms with E-state index in [2.05, 4.69) is 0 Å². The summed E-state index contributed by atoms with van der Waals surface area (Å²) < 4.78 is 80.3. The molecule has 1 heterocycles. The number of benzene rings is 3. The van der Waals surface area contributed by atoms with Crippen LogP contribution < -0.4 is 0 Å². The van der Waals surface area contributed by atoms with Crippen molar-refractivity contribution in [1.82, 2.24) is 0 Å². The molecule has 0 bridgehead atoms. The highest BCUT2D eigenvalue weighted by molar-refractivity contribution is 7.37. The Morgan fingerprint density at radius 1 is 0.438 bits per heavy atom. The Balaban J connectivity index is 1.97. The van der Waals surface area contributed by atoms with Gasteiger partial charge in [-0.3, -0.25) is 0 Å². The van der Waals surface area contributed by atoms with Gasteiger partial charge in [0.05, 0.1) is 11.1 Å². The molecule has 0 fully saturated rings. The minimum absolute atomic E-state index is 0.108. The summed E-state index contributed by atoms with van der Waals surface area (Å²) in [6, 6.07) is 23.7. The van der Waals surface area contributed by atoms with Gasteiger partial charge in [0.2, 0.25) is 0 Å². The summed E-state index contributed by atoms with van der Waals surface area (Å²) in [5.74, 6) is 0. The molecule has 7 heteroatoms. The molecule has 32 heavy (non-hydrogen) atoms. The van der Waals surface area contributed by atoms with Gasteiger partial charge < -0.3 is 0 Å². The van der Waals surface area contributed by atoms with Crippen LogP contribution in [0, 0.1) is 0 Å². The second kappa shape index (κ2) is 8.44. The van der Waals surface area contributed by atoms with Gasteiger partial charge in [0.25, 0.3) is 0 Å². The molecule has 3 aromatic carbocycles. The molecular weight excluding hydrogens is 445 g/mol. The topological polar surface area (TPSA) is 0 Å². The fraction of sp³-hybridized carbons (Fsp3) is 0.0800. The van der Waals surface area contributed by atoms with Crippen molar-refractivity contribution in [2.45, 2.75) is 12.4 Å². The van der Waals surface area contributed by atoms with Crippen LogP contribution in [0.4, 0.5) is 26.3 Å². The number of halogens is 6. The average molecular weight is 460 g/mol. The van der Waals surface area contributed by atoms with Crippen LogP contribution in [-0.4, -0.2) is 0 Å². The zero-order valence-electron chi connectivity index (χ0n) is 16.4. The molecule has 0 saturated heterocycles. The predicted octanol–water partition coefficient (Wildman–Crippen LogP) is 9.31. The predicted molar refractivity (Wildman–Crippen MR) is 115 cm³/mol. The zero-order chi connectivity index (χ0) is 22.9. The summed E-state index contributed by atoms with van der Waals surface area (Å²) in [5, 5.41) is 1.15. The van der Waals surface area contributed by atoms with Crippen molar-refractivity contribution in [3.8, 4) is 32.8 Å². The summed E-state index contributed by atoms with van der Waals surface area (Å²) in [6.07, 6.45) is -9.79. The fourth-order valence-corrected chi connectivity index (χ4v) is 4.54. The van der Waals surface area contributed by atoms with Crippen LogP contribution in [0.1, 0.15) is 11.1 Å². The van der Waals surface area contributed by atoms with Crippen molar-refractivity contribution < 1.29 is 26.3 Å². The Labute approximate surface area is 182 Å². The first-order chi connectivity index (χ1) is 15.1. The third-order valence-electron chi connectivity index (χ3n) is 4.89. The second-order valence-electron chi connectivity index (χ2n) is 7.15. The summed E-state index contributed by atoms with van der Waals surface area (Å²) in [6.45, 7) is 0. The van der Waals surface area contributed by atoms with E-state index >= 15 is 0 Å². The molecule has 0 atom stereocenters. The Kier molecular flexibility index (Phi) is 5.83. The van der Waals surface area contributed by atoms with Crippen molar-refractivity contribution in [3.63, 3.8) is 0 Å². The lowest BCUT2D eigenvalue weighted by molar-refractivity contribution is -0.143. The maximum atomic E-state index is 13.4. The van der Waals surface area contributed by atoms with Gasteiger partial charge in [-0.25, -0.2) is 0 Å². The second-order valence-corrected chi connectivity index (χ2v) is 8.34. The molecule has 0 nitrogen and oxygen atoms in total. The highest BCUT2D eigenvalue weighted by Gasteiger charge is 2.37. The van der Waals surface area contributed by atoms with Gasteiger partial charge in [-0.2, -0.15) is 26.3 Å². The molecule has 162 valence electrons. The molecule has 0 aliphatic carbocycles. The van der Waals surface area contributed by atoms with Crippen LogP contribution in [0.25, 0.3) is 32.8 Å². The van der Waals surface area contributed by atoms with Gasteiger partial charge in [0.15, 0.2) is 0 Å². The van der Waals surface area contributed by atoms with E-state index in [9.17, 15) is 26.3 Å². The van der Waals surface area contributed by atoms with Crippen LogP contribution >= 0.6 is 8.19 Å². The van der Waals surface area contributed by atoms with E-state index < -0.39 is 23.5 Å². The minimum atomic E-state index is -4.90. The third kappa shape index (κ3) is 4.86. The van der Waals surface area contributed by atoms with E-state index in [1.54, 1.807) is 6.07 Å². The van der Waals surface area contributed by atoms with Crippen LogP contribution in [0.3, 0.4) is 0 Å². The first kappa shape index (κ1) is 22.1. The molecule has 0 aliphatic rings. The molecule has 0 aliphatic heterocycles. The number of rotatable bonds is 3. The van der Waals surface area contributed by atoms with Gasteiger partial charge in [0, 0.05) is 10.6 Å². The highest BCUT2D eigenvalue weighted by Crippen LogP contribution is 2.44. The van der Waals surface area contributed by atoms with E-state index in [4.69, 9.17) is 0 Å². The van der Waals surface area contributed by atoms with Crippen molar-refractivity contribution in [2.75, 3.05) is 0 Å².